The van der Waals surface area contributed by atoms with Crippen molar-refractivity contribution in [1.82, 2.24) is 4.90 Å². The zero-order chi connectivity index (χ0) is 15.4. The van der Waals surface area contributed by atoms with Gasteiger partial charge in [-0.3, -0.25) is 4.79 Å². The van der Waals surface area contributed by atoms with Crippen molar-refractivity contribution in [2.45, 2.75) is 58.5 Å². The fourth-order valence-corrected chi connectivity index (χ4v) is 3.26. The number of benzene rings is 1. The van der Waals surface area contributed by atoms with Crippen molar-refractivity contribution in [2.24, 2.45) is 0 Å². The number of hydrogen-bond acceptors (Lipinski definition) is 2. The second kappa shape index (κ2) is 7.17. The molecule has 4 heteroatoms. The van der Waals surface area contributed by atoms with Crippen LogP contribution in [0, 0.1) is 0 Å². The summed E-state index contributed by atoms with van der Waals surface area (Å²) in [6.45, 7) is 7.25. The van der Waals surface area contributed by atoms with Gasteiger partial charge in [0.05, 0.1) is 5.56 Å². The molecule has 1 aromatic rings. The van der Waals surface area contributed by atoms with Crippen LogP contribution in [-0.4, -0.2) is 29.4 Å². The minimum Gasteiger partial charge on any atom is -0.384 e. The molecule has 1 heterocycles. The Bertz CT molecular complexity index is 504. The van der Waals surface area contributed by atoms with Crippen LogP contribution in [0.3, 0.4) is 0 Å². The van der Waals surface area contributed by atoms with Gasteiger partial charge in [-0.1, -0.05) is 25.4 Å². The van der Waals surface area contributed by atoms with Crippen molar-refractivity contribution in [1.29, 1.82) is 0 Å². The largest absolute Gasteiger partial charge is 0.384 e. The lowest BCUT2D eigenvalue weighted by molar-refractivity contribution is 0.0677. The maximum atomic E-state index is 13.0. The Hall–Kier alpha value is -1.22. The van der Waals surface area contributed by atoms with E-state index in [1.165, 1.54) is 0 Å². The van der Waals surface area contributed by atoms with Gasteiger partial charge >= 0.3 is 0 Å². The number of nitrogens with one attached hydrogen (secondary N) is 1. The molecule has 2 rings (SSSR count). The topological polar surface area (TPSA) is 32.3 Å². The summed E-state index contributed by atoms with van der Waals surface area (Å²) < 4.78 is 0. The normalized spacial score (nSPS) is 21.6. The number of hydrogen-bond donors (Lipinski definition) is 1. The van der Waals surface area contributed by atoms with E-state index in [-0.39, 0.29) is 5.91 Å². The van der Waals surface area contributed by atoms with Crippen LogP contribution in [0.2, 0.25) is 5.02 Å². The minimum atomic E-state index is 0.105. The number of likely N-dealkylation sites (tertiary alicyclic amines) is 1. The first-order valence-electron chi connectivity index (χ1n) is 7.94. The van der Waals surface area contributed by atoms with Gasteiger partial charge in [-0.05, 0) is 50.8 Å². The van der Waals surface area contributed by atoms with Gasteiger partial charge in [-0.25, -0.2) is 0 Å². The van der Waals surface area contributed by atoms with E-state index < -0.39 is 0 Å². The second-order valence-electron chi connectivity index (χ2n) is 5.82. The molecular weight excluding hydrogens is 284 g/mol. The molecule has 3 nitrogen and oxygen atoms in total. The summed E-state index contributed by atoms with van der Waals surface area (Å²) in [4.78, 5) is 15.0. The smallest absolute Gasteiger partial charge is 0.256 e. The minimum absolute atomic E-state index is 0.105. The predicted molar refractivity (Wildman–Crippen MR) is 89.2 cm³/mol. The molecule has 1 aliphatic rings. The van der Waals surface area contributed by atoms with Crippen LogP contribution in [-0.2, 0) is 0 Å². The van der Waals surface area contributed by atoms with Gasteiger partial charge in [0.2, 0.25) is 0 Å². The Balaban J connectivity index is 2.30. The second-order valence-corrected chi connectivity index (χ2v) is 6.25. The van der Waals surface area contributed by atoms with Gasteiger partial charge in [0.1, 0.15) is 0 Å². The zero-order valence-corrected chi connectivity index (χ0v) is 13.9. The SMILES string of the molecule is CCCNc1ccc(Cl)cc1C(=O)N1C(C)CCC1CC. The highest BCUT2D eigenvalue weighted by Crippen LogP contribution is 2.30. The molecule has 1 amide bonds. The van der Waals surface area contributed by atoms with Crippen LogP contribution >= 0.6 is 11.6 Å². The maximum absolute atomic E-state index is 13.0. The molecule has 1 N–H and O–H groups in total. The number of halogens is 1. The molecule has 21 heavy (non-hydrogen) atoms. The van der Waals surface area contributed by atoms with Gasteiger partial charge in [0, 0.05) is 29.3 Å². The quantitative estimate of drug-likeness (QED) is 0.864. The summed E-state index contributed by atoms with van der Waals surface area (Å²) in [5.74, 6) is 0.105. The molecule has 1 fully saturated rings. The summed E-state index contributed by atoms with van der Waals surface area (Å²) in [7, 11) is 0. The first kappa shape index (κ1) is 16.2. The molecule has 0 radical (unpaired) electrons. The van der Waals surface area contributed by atoms with Crippen molar-refractivity contribution in [2.75, 3.05) is 11.9 Å². The van der Waals surface area contributed by atoms with Gasteiger partial charge in [-0.2, -0.15) is 0 Å². The van der Waals surface area contributed by atoms with Crippen LogP contribution in [0.1, 0.15) is 56.8 Å². The highest BCUT2D eigenvalue weighted by molar-refractivity contribution is 6.31. The van der Waals surface area contributed by atoms with E-state index in [1.54, 1.807) is 6.07 Å². The van der Waals surface area contributed by atoms with Crippen molar-refractivity contribution in [3.8, 4) is 0 Å². The number of anilines is 1. The van der Waals surface area contributed by atoms with E-state index in [0.29, 0.717) is 22.7 Å². The fraction of sp³-hybridized carbons (Fsp3) is 0.588. The Morgan fingerprint density at radius 1 is 1.38 bits per heavy atom. The molecular formula is C17H25ClN2O. The molecule has 0 bridgehead atoms. The van der Waals surface area contributed by atoms with Crippen LogP contribution < -0.4 is 5.32 Å². The lowest BCUT2D eigenvalue weighted by Crippen LogP contribution is -2.40. The van der Waals surface area contributed by atoms with E-state index in [0.717, 1.165) is 37.9 Å². The lowest BCUT2D eigenvalue weighted by atomic mass is 10.1. The molecule has 0 saturated carbocycles. The molecule has 1 aromatic carbocycles. The van der Waals surface area contributed by atoms with Crippen molar-refractivity contribution in [3.05, 3.63) is 28.8 Å². The van der Waals surface area contributed by atoms with E-state index in [9.17, 15) is 4.79 Å². The van der Waals surface area contributed by atoms with Crippen molar-refractivity contribution >= 4 is 23.2 Å². The van der Waals surface area contributed by atoms with Gasteiger partial charge in [0.15, 0.2) is 0 Å². The molecule has 2 atom stereocenters. The van der Waals surface area contributed by atoms with Gasteiger partial charge in [0.25, 0.3) is 5.91 Å². The van der Waals surface area contributed by atoms with Gasteiger partial charge in [-0.15, -0.1) is 0 Å². The predicted octanol–water partition coefficient (Wildman–Crippen LogP) is 4.57. The highest BCUT2D eigenvalue weighted by Gasteiger charge is 2.34. The van der Waals surface area contributed by atoms with E-state index >= 15 is 0 Å². The molecule has 0 aromatic heterocycles. The maximum Gasteiger partial charge on any atom is 0.256 e. The zero-order valence-electron chi connectivity index (χ0n) is 13.2. The molecule has 1 saturated heterocycles. The van der Waals surface area contributed by atoms with Crippen LogP contribution in [0.5, 0.6) is 0 Å². The number of carbonyl (C=O) groups is 1. The third kappa shape index (κ3) is 3.52. The molecule has 0 aliphatic carbocycles. The van der Waals surface area contributed by atoms with E-state index in [1.807, 2.05) is 17.0 Å². The Labute approximate surface area is 132 Å². The molecule has 116 valence electrons. The average molecular weight is 309 g/mol. The first-order chi connectivity index (χ1) is 10.1. The third-order valence-corrected chi connectivity index (χ3v) is 4.50. The molecule has 0 spiro atoms. The number of nitrogens with zero attached hydrogens (tertiary/aromatic N) is 1. The van der Waals surface area contributed by atoms with Crippen molar-refractivity contribution in [3.63, 3.8) is 0 Å². The van der Waals surface area contributed by atoms with Crippen LogP contribution in [0.25, 0.3) is 0 Å². The standard InChI is InChI=1S/C17H25ClN2O/c1-4-10-19-16-9-7-13(18)11-15(16)17(21)20-12(3)6-8-14(20)5-2/h7,9,11-12,14,19H,4-6,8,10H2,1-3H3. The highest BCUT2D eigenvalue weighted by atomic mass is 35.5. The van der Waals surface area contributed by atoms with Crippen LogP contribution in [0.15, 0.2) is 18.2 Å². The monoisotopic (exact) mass is 308 g/mol. The summed E-state index contributed by atoms with van der Waals surface area (Å²) in [5.41, 5.74) is 1.59. The van der Waals surface area contributed by atoms with Gasteiger partial charge < -0.3 is 10.2 Å². The number of rotatable bonds is 5. The summed E-state index contributed by atoms with van der Waals surface area (Å²) in [5, 5.41) is 3.95. The Morgan fingerprint density at radius 2 is 2.14 bits per heavy atom. The number of amides is 1. The third-order valence-electron chi connectivity index (χ3n) is 4.27. The Kier molecular flexibility index (Phi) is 5.51. The Morgan fingerprint density at radius 3 is 2.81 bits per heavy atom. The first-order valence-corrected chi connectivity index (χ1v) is 8.32. The summed E-state index contributed by atoms with van der Waals surface area (Å²) >= 11 is 6.11. The van der Waals surface area contributed by atoms with E-state index in [4.69, 9.17) is 11.6 Å². The number of carbonyl (C=O) groups excluding carboxylic acids is 1. The van der Waals surface area contributed by atoms with Crippen LogP contribution in [0.4, 0.5) is 5.69 Å². The van der Waals surface area contributed by atoms with Crippen molar-refractivity contribution < 1.29 is 4.79 Å². The average Bonchev–Trinajstić information content (AvgIpc) is 2.86. The summed E-state index contributed by atoms with van der Waals surface area (Å²) in [6.07, 6.45) is 4.21. The molecule has 1 aliphatic heterocycles. The van der Waals surface area contributed by atoms with E-state index in [2.05, 4.69) is 26.1 Å². The lowest BCUT2D eigenvalue weighted by Gasteiger charge is -2.29. The molecule has 2 unspecified atom stereocenters. The summed E-state index contributed by atoms with van der Waals surface area (Å²) in [6, 6.07) is 6.19. The fourth-order valence-electron chi connectivity index (χ4n) is 3.08.